The number of ether oxygens (including phenoxy) is 1. The van der Waals surface area contributed by atoms with Crippen molar-refractivity contribution in [3.05, 3.63) is 72.4 Å². The molecule has 152 valence electrons. The van der Waals surface area contributed by atoms with E-state index < -0.39 is 0 Å². The Hall–Kier alpha value is -2.49. The van der Waals surface area contributed by atoms with Gasteiger partial charge in [0, 0.05) is 0 Å². The summed E-state index contributed by atoms with van der Waals surface area (Å²) in [6, 6.07) is 22.2. The summed E-state index contributed by atoms with van der Waals surface area (Å²) in [5, 5.41) is 5.22. The summed E-state index contributed by atoms with van der Waals surface area (Å²) < 4.78 is 14.5. The number of pyridine rings is 1. The molecule has 6 rings (SSSR count). The van der Waals surface area contributed by atoms with E-state index in [1.807, 2.05) is 11.3 Å². The van der Waals surface area contributed by atoms with Gasteiger partial charge in [-0.15, -0.1) is 0 Å². The summed E-state index contributed by atoms with van der Waals surface area (Å²) in [7, 11) is 3.90. The van der Waals surface area contributed by atoms with Gasteiger partial charge in [-0.05, 0) is 0 Å². The van der Waals surface area contributed by atoms with Gasteiger partial charge in [0.25, 0.3) is 0 Å². The van der Waals surface area contributed by atoms with Crippen LogP contribution >= 0.6 is 11.3 Å². The van der Waals surface area contributed by atoms with Crippen molar-refractivity contribution in [2.24, 2.45) is 7.05 Å². The Morgan fingerprint density at radius 3 is 2.61 bits per heavy atom. The van der Waals surface area contributed by atoms with Gasteiger partial charge in [0.15, 0.2) is 0 Å². The van der Waals surface area contributed by atoms with E-state index in [-0.39, 0.29) is 0 Å². The van der Waals surface area contributed by atoms with Crippen molar-refractivity contribution in [3.8, 4) is 11.6 Å². The summed E-state index contributed by atoms with van der Waals surface area (Å²) in [5.41, 5.74) is 3.64. The first-order valence-corrected chi connectivity index (χ1v) is 13.3. The molecule has 0 unspecified atom stereocenters. The third kappa shape index (κ3) is 2.70. The average Bonchev–Trinajstić information content (AvgIpc) is 3.30. The third-order valence-electron chi connectivity index (χ3n) is 6.22. The number of hydrogen-bond donors (Lipinski definition) is 0. The second-order valence-electron chi connectivity index (χ2n) is 7.99. The van der Waals surface area contributed by atoms with E-state index >= 15 is 0 Å². The molecule has 0 saturated heterocycles. The van der Waals surface area contributed by atoms with Crippen LogP contribution in [-0.4, -0.2) is 36.4 Å². The van der Waals surface area contributed by atoms with Crippen molar-refractivity contribution < 1.29 is 9.30 Å². The van der Waals surface area contributed by atoms with E-state index in [0.29, 0.717) is 0 Å². The van der Waals surface area contributed by atoms with Crippen LogP contribution in [0.25, 0.3) is 47.8 Å². The number of rotatable bonds is 2. The van der Waals surface area contributed by atoms with Gasteiger partial charge in [0.2, 0.25) is 0 Å². The number of aryl methyl sites for hydroxylation is 2. The number of benzene rings is 3. The Labute approximate surface area is 199 Å². The van der Waals surface area contributed by atoms with Crippen molar-refractivity contribution in [3.63, 3.8) is 0 Å². The van der Waals surface area contributed by atoms with Gasteiger partial charge in [-0.3, -0.25) is 0 Å². The van der Waals surface area contributed by atoms with Gasteiger partial charge in [-0.25, -0.2) is 0 Å². The zero-order valence-electron chi connectivity index (χ0n) is 17.6. The third-order valence-corrected chi connectivity index (χ3v) is 8.75. The average molecular weight is 620 g/mol. The van der Waals surface area contributed by atoms with Crippen LogP contribution in [0, 0.1) is 6.92 Å². The van der Waals surface area contributed by atoms with Crippen LogP contribution in [-0.2, 0) is 7.05 Å². The van der Waals surface area contributed by atoms with Gasteiger partial charge < -0.3 is 0 Å². The van der Waals surface area contributed by atoms with Crippen LogP contribution < -0.4 is 12.6 Å². The van der Waals surface area contributed by atoms with E-state index in [4.69, 9.17) is 4.74 Å². The van der Waals surface area contributed by atoms with E-state index in [1.54, 1.807) is 7.11 Å². The molecule has 0 amide bonds. The van der Waals surface area contributed by atoms with E-state index in [0.717, 1.165) is 30.5 Å². The monoisotopic (exact) mass is 619 g/mol. The molecule has 5 heteroatoms. The molecular formula is C26H22BiN2OS+. The molecule has 3 nitrogen and oxygen atoms in total. The SMILES string of the molecule is COc1ccc2c3c[c]([BiH2])ccc3n(-c3c4c(cc[n+]3C)sc3ccccc34)c2c1C. The van der Waals surface area contributed by atoms with Crippen molar-refractivity contribution >= 4 is 81.3 Å². The second-order valence-corrected chi connectivity index (χ2v) is 11.7. The van der Waals surface area contributed by atoms with Crippen LogP contribution in [0.5, 0.6) is 5.75 Å². The van der Waals surface area contributed by atoms with Crippen molar-refractivity contribution in [2.45, 2.75) is 6.92 Å². The molecule has 0 fully saturated rings. The number of thiophene rings is 1. The van der Waals surface area contributed by atoms with E-state index in [1.165, 1.54) is 56.6 Å². The fourth-order valence-corrected chi connectivity index (χ4v) is 6.94. The Bertz CT molecular complexity index is 1660. The molecule has 0 spiro atoms. The molecule has 31 heavy (non-hydrogen) atoms. The number of aromatic nitrogens is 2. The molecule has 0 aliphatic carbocycles. The number of nitrogens with zero attached hydrogens (tertiary/aromatic N) is 2. The minimum atomic E-state index is 0.813. The van der Waals surface area contributed by atoms with Crippen LogP contribution in [0.3, 0.4) is 0 Å². The Morgan fingerprint density at radius 2 is 1.77 bits per heavy atom. The molecule has 0 bridgehead atoms. The molecule has 0 N–H and O–H groups in total. The summed E-state index contributed by atoms with van der Waals surface area (Å²) in [5.74, 6) is 2.13. The van der Waals surface area contributed by atoms with E-state index in [2.05, 4.69) is 90.0 Å². The topological polar surface area (TPSA) is 18.0 Å². The second kappa shape index (κ2) is 7.01. The summed E-state index contributed by atoms with van der Waals surface area (Å²) in [6.45, 7) is 2.17. The predicted octanol–water partition coefficient (Wildman–Crippen LogP) is 4.55. The van der Waals surface area contributed by atoms with E-state index in [9.17, 15) is 0 Å². The number of hydrogen-bond acceptors (Lipinski definition) is 2. The number of fused-ring (bicyclic) bond motifs is 6. The molecular weight excluding hydrogens is 597 g/mol. The van der Waals surface area contributed by atoms with Gasteiger partial charge in [0.1, 0.15) is 0 Å². The van der Waals surface area contributed by atoms with Crippen LogP contribution in [0.4, 0.5) is 0 Å². The predicted molar refractivity (Wildman–Crippen MR) is 134 cm³/mol. The molecule has 0 radical (unpaired) electrons. The maximum absolute atomic E-state index is 5.73. The van der Waals surface area contributed by atoms with Crippen molar-refractivity contribution in [1.82, 2.24) is 4.57 Å². The standard InChI is InChI=1S/C26H20N2OS.Bi.2H/c1-16-21(29-3)13-12-18-17-8-4-6-10-20(17)28(25(16)18)26-24-19-9-5-7-11-22(19)30-23(24)14-15-27(26)2;;;/h5-15H,1-3H3;;;/q+1;;;. The Balaban J connectivity index is 1.90. The molecule has 3 aromatic carbocycles. The van der Waals surface area contributed by atoms with Crippen molar-refractivity contribution in [1.29, 1.82) is 0 Å². The first-order valence-electron chi connectivity index (χ1n) is 10.3. The Kier molecular flexibility index (Phi) is 4.35. The van der Waals surface area contributed by atoms with Gasteiger partial charge >= 0.3 is 200 Å². The van der Waals surface area contributed by atoms with Gasteiger partial charge in [0.05, 0.1) is 0 Å². The zero-order chi connectivity index (χ0) is 21.3. The molecule has 6 aromatic rings. The molecule has 0 atom stereocenters. The first kappa shape index (κ1) is 19.2. The van der Waals surface area contributed by atoms with Crippen molar-refractivity contribution in [2.75, 3.05) is 7.11 Å². The molecule has 0 saturated carbocycles. The van der Waals surface area contributed by atoms with Gasteiger partial charge in [-0.2, -0.15) is 0 Å². The summed E-state index contributed by atoms with van der Waals surface area (Å²) >= 11 is 2.67. The fourth-order valence-electron chi connectivity index (χ4n) is 4.82. The molecule has 3 aromatic heterocycles. The summed E-state index contributed by atoms with van der Waals surface area (Å²) in [4.78, 5) is 0. The van der Waals surface area contributed by atoms with Crippen LogP contribution in [0.2, 0.25) is 0 Å². The minimum absolute atomic E-state index is 0.813. The molecule has 0 aliphatic rings. The van der Waals surface area contributed by atoms with Gasteiger partial charge in [-0.1, -0.05) is 0 Å². The molecule has 3 heterocycles. The summed E-state index contributed by atoms with van der Waals surface area (Å²) in [6.07, 6.45) is 2.18. The maximum atomic E-state index is 5.73. The first-order chi connectivity index (χ1) is 15.1. The number of methoxy groups -OCH3 is 1. The van der Waals surface area contributed by atoms with Crippen LogP contribution in [0.15, 0.2) is 66.9 Å². The quantitative estimate of drug-likeness (QED) is 0.206. The van der Waals surface area contributed by atoms with Crippen LogP contribution in [0.1, 0.15) is 5.56 Å². The zero-order valence-corrected chi connectivity index (χ0v) is 22.9. The Morgan fingerprint density at radius 1 is 0.935 bits per heavy atom. The fraction of sp³-hybridized carbons (Fsp3) is 0.115. The molecule has 0 aliphatic heterocycles. The normalized spacial score (nSPS) is 11.9.